The molecule has 0 fully saturated rings. The van der Waals surface area contributed by atoms with Crippen LogP contribution < -0.4 is 16.0 Å². The van der Waals surface area contributed by atoms with E-state index in [-0.39, 0.29) is 29.2 Å². The molecule has 10 heteroatoms. The van der Waals surface area contributed by atoms with E-state index in [0.717, 1.165) is 4.47 Å². The number of carbonyl (C=O) groups is 3. The number of anilines is 2. The third-order valence-corrected chi connectivity index (χ3v) is 7.92. The van der Waals surface area contributed by atoms with Crippen LogP contribution in [-0.2, 0) is 24.5 Å². The zero-order chi connectivity index (χ0) is 26.2. The number of allylic oxidation sites excluding steroid dienone is 1. The minimum Gasteiger partial charge on any atom is -0.466 e. The fourth-order valence-corrected chi connectivity index (χ4v) is 6.48. The number of fused-ring (bicyclic) bond motifs is 3. The van der Waals surface area contributed by atoms with Crippen molar-refractivity contribution in [3.63, 3.8) is 0 Å². The molecule has 2 aliphatic heterocycles. The Bertz CT molecular complexity index is 1450. The molecule has 2 aromatic rings. The van der Waals surface area contributed by atoms with Crippen LogP contribution >= 0.6 is 39.1 Å². The summed E-state index contributed by atoms with van der Waals surface area (Å²) in [5, 5.41) is 3.52. The third-order valence-electron chi connectivity index (χ3n) is 6.88. The molecule has 1 spiro atoms. The first-order chi connectivity index (χ1) is 16.9. The number of ketones is 1. The number of ether oxygens (including phenoxy) is 1. The molecule has 7 nitrogen and oxygen atoms in total. The van der Waals surface area contributed by atoms with E-state index in [1.807, 2.05) is 13.8 Å². The highest BCUT2D eigenvalue weighted by atomic mass is 79.9. The van der Waals surface area contributed by atoms with E-state index in [1.165, 1.54) is 7.11 Å². The Labute approximate surface area is 226 Å². The van der Waals surface area contributed by atoms with Crippen LogP contribution in [0, 0.1) is 5.41 Å². The summed E-state index contributed by atoms with van der Waals surface area (Å²) in [5.41, 5.74) is 6.33. The SMILES string of the molecule is COC(=O)C1=C(N)N(c2ccc(Br)cc2Cl)C2=C(C(=O)CC(C)(C)C2)C12C(=O)Nc1ccc(Cl)cc12. The lowest BCUT2D eigenvalue weighted by Crippen LogP contribution is -2.54. The molecule has 0 saturated carbocycles. The lowest BCUT2D eigenvalue weighted by molar-refractivity contribution is -0.138. The molecule has 0 saturated heterocycles. The van der Waals surface area contributed by atoms with E-state index in [2.05, 4.69) is 21.2 Å². The second-order valence-electron chi connectivity index (χ2n) is 9.84. The molecule has 1 aliphatic carbocycles. The van der Waals surface area contributed by atoms with Gasteiger partial charge in [0.1, 0.15) is 16.8 Å². The second kappa shape index (κ2) is 8.36. The van der Waals surface area contributed by atoms with Gasteiger partial charge in [0.15, 0.2) is 5.78 Å². The van der Waals surface area contributed by atoms with Gasteiger partial charge in [0.2, 0.25) is 5.91 Å². The Balaban J connectivity index is 1.95. The van der Waals surface area contributed by atoms with Crippen molar-refractivity contribution in [2.75, 3.05) is 17.3 Å². The molecule has 2 heterocycles. The van der Waals surface area contributed by atoms with E-state index >= 15 is 0 Å². The number of nitrogens with zero attached hydrogens (tertiary/aromatic N) is 1. The van der Waals surface area contributed by atoms with Gasteiger partial charge in [-0.15, -0.1) is 0 Å². The van der Waals surface area contributed by atoms with Gasteiger partial charge in [-0.05, 0) is 48.2 Å². The van der Waals surface area contributed by atoms with Crippen molar-refractivity contribution in [1.82, 2.24) is 0 Å². The molecule has 3 aliphatic rings. The summed E-state index contributed by atoms with van der Waals surface area (Å²) in [5.74, 6) is -1.71. The van der Waals surface area contributed by atoms with Gasteiger partial charge in [0.25, 0.3) is 0 Å². The maximum atomic E-state index is 14.0. The van der Waals surface area contributed by atoms with E-state index in [9.17, 15) is 14.4 Å². The van der Waals surface area contributed by atoms with Crippen LogP contribution in [-0.4, -0.2) is 24.8 Å². The number of nitrogens with one attached hydrogen (secondary N) is 1. The van der Waals surface area contributed by atoms with Gasteiger partial charge in [-0.25, -0.2) is 4.79 Å². The quantitative estimate of drug-likeness (QED) is 0.451. The highest BCUT2D eigenvalue weighted by molar-refractivity contribution is 9.10. The average molecular weight is 591 g/mol. The van der Waals surface area contributed by atoms with Crippen LogP contribution in [0.4, 0.5) is 11.4 Å². The number of hydrogen-bond donors (Lipinski definition) is 2. The van der Waals surface area contributed by atoms with Crippen molar-refractivity contribution in [3.05, 3.63) is 79.1 Å². The smallest absolute Gasteiger partial charge is 0.339 e. The van der Waals surface area contributed by atoms with Crippen molar-refractivity contribution in [3.8, 4) is 0 Å². The van der Waals surface area contributed by atoms with Crippen LogP contribution in [0.3, 0.4) is 0 Å². The molecule has 2 aromatic carbocycles. The van der Waals surface area contributed by atoms with Gasteiger partial charge in [-0.1, -0.05) is 53.0 Å². The lowest BCUT2D eigenvalue weighted by Gasteiger charge is -2.47. The Hall–Kier alpha value is -2.81. The van der Waals surface area contributed by atoms with E-state index in [4.69, 9.17) is 33.7 Å². The summed E-state index contributed by atoms with van der Waals surface area (Å²) in [4.78, 5) is 42.9. The number of carbonyl (C=O) groups excluding carboxylic acids is 3. The Morgan fingerprint density at radius 3 is 2.53 bits per heavy atom. The zero-order valence-electron chi connectivity index (χ0n) is 19.7. The summed E-state index contributed by atoms with van der Waals surface area (Å²) in [6, 6.07) is 10.1. The van der Waals surface area contributed by atoms with Gasteiger partial charge >= 0.3 is 5.97 Å². The van der Waals surface area contributed by atoms with Gasteiger partial charge in [0.05, 0.1) is 17.8 Å². The molecule has 0 bridgehead atoms. The topological polar surface area (TPSA) is 102 Å². The number of nitrogens with two attached hydrogens (primary N) is 1. The molecular weight excluding hydrogens is 569 g/mol. The highest BCUT2D eigenvalue weighted by Crippen LogP contribution is 2.58. The number of esters is 1. The first-order valence-electron chi connectivity index (χ1n) is 11.1. The number of hydrogen-bond acceptors (Lipinski definition) is 6. The van der Waals surface area contributed by atoms with Crippen LogP contribution in [0.2, 0.25) is 10.0 Å². The summed E-state index contributed by atoms with van der Waals surface area (Å²) in [6.07, 6.45) is 0.577. The van der Waals surface area contributed by atoms with E-state index in [0.29, 0.717) is 39.1 Å². The van der Waals surface area contributed by atoms with Crippen LogP contribution in [0.15, 0.2) is 63.5 Å². The van der Waals surface area contributed by atoms with Crippen LogP contribution in [0.1, 0.15) is 32.3 Å². The fourth-order valence-electron chi connectivity index (χ4n) is 5.55. The monoisotopic (exact) mass is 589 g/mol. The molecule has 3 N–H and O–H groups in total. The van der Waals surface area contributed by atoms with Crippen molar-refractivity contribution in [2.45, 2.75) is 32.1 Å². The molecular formula is C26H22BrCl2N3O4. The van der Waals surface area contributed by atoms with Gasteiger partial charge < -0.3 is 15.8 Å². The number of Topliss-reactive ketones (excluding diaryl/α,β-unsaturated/α-hetero) is 1. The summed E-state index contributed by atoms with van der Waals surface area (Å²) >= 11 is 16.4. The molecule has 1 amide bonds. The second-order valence-corrected chi connectivity index (χ2v) is 11.6. The summed E-state index contributed by atoms with van der Waals surface area (Å²) in [6.45, 7) is 3.94. The summed E-state index contributed by atoms with van der Waals surface area (Å²) < 4.78 is 5.88. The first-order valence-corrected chi connectivity index (χ1v) is 12.7. The first kappa shape index (κ1) is 24.9. The van der Waals surface area contributed by atoms with Gasteiger partial charge in [0, 0.05) is 38.4 Å². The van der Waals surface area contributed by atoms with Crippen molar-refractivity contribution >= 4 is 68.2 Å². The molecule has 1 unspecified atom stereocenters. The number of rotatable bonds is 2. The van der Waals surface area contributed by atoms with Gasteiger partial charge in [-0.3, -0.25) is 14.5 Å². The standard InChI is InChI=1S/C26H22BrCl2N3O4/c1-25(2)10-18-20(19(33)11-25)26(14-9-13(28)5-6-16(14)31-24(26)35)21(23(34)36-3)22(30)32(18)17-7-4-12(27)8-15(17)29/h4-9H,10-11,30H2,1-3H3,(H,31,35). The molecule has 186 valence electrons. The highest BCUT2D eigenvalue weighted by Gasteiger charge is 2.63. The third kappa shape index (κ3) is 3.42. The largest absolute Gasteiger partial charge is 0.466 e. The zero-order valence-corrected chi connectivity index (χ0v) is 22.8. The normalized spacial score (nSPS) is 22.6. The molecule has 36 heavy (non-hydrogen) atoms. The van der Waals surface area contributed by atoms with Crippen molar-refractivity contribution in [2.24, 2.45) is 11.1 Å². The van der Waals surface area contributed by atoms with Gasteiger partial charge in [-0.2, -0.15) is 0 Å². The average Bonchev–Trinajstić information content (AvgIpc) is 3.05. The Kier molecular flexibility index (Phi) is 5.78. The minimum absolute atomic E-state index is 0.0432. The predicted molar refractivity (Wildman–Crippen MR) is 142 cm³/mol. The van der Waals surface area contributed by atoms with E-state index in [1.54, 1.807) is 41.3 Å². The van der Waals surface area contributed by atoms with Crippen LogP contribution in [0.5, 0.6) is 0 Å². The summed E-state index contributed by atoms with van der Waals surface area (Å²) in [7, 11) is 1.20. The molecule has 0 aromatic heterocycles. The van der Waals surface area contributed by atoms with Crippen molar-refractivity contribution < 1.29 is 19.1 Å². The maximum Gasteiger partial charge on any atom is 0.339 e. The molecule has 1 atom stereocenters. The number of benzene rings is 2. The molecule has 5 rings (SSSR count). The van der Waals surface area contributed by atoms with Crippen LogP contribution in [0.25, 0.3) is 0 Å². The number of methoxy groups -OCH3 is 1. The minimum atomic E-state index is -1.82. The lowest BCUT2D eigenvalue weighted by atomic mass is 9.60. The molecule has 0 radical (unpaired) electrons. The number of amides is 1. The maximum absolute atomic E-state index is 14.0. The predicted octanol–water partition coefficient (Wildman–Crippen LogP) is 5.45. The number of halogens is 3. The fraction of sp³-hybridized carbons (Fsp3) is 0.269. The van der Waals surface area contributed by atoms with E-state index < -0.39 is 22.7 Å². The van der Waals surface area contributed by atoms with Crippen molar-refractivity contribution in [1.29, 1.82) is 0 Å². The Morgan fingerprint density at radius 1 is 1.14 bits per heavy atom. The Morgan fingerprint density at radius 2 is 1.86 bits per heavy atom.